The Morgan fingerprint density at radius 2 is 1.87 bits per heavy atom. The van der Waals surface area contributed by atoms with Crippen LogP contribution in [0.25, 0.3) is 0 Å². The van der Waals surface area contributed by atoms with Crippen LogP contribution in [0, 0.1) is 6.92 Å². The maximum atomic E-state index is 13.1. The molecule has 170 valence electrons. The van der Waals surface area contributed by atoms with Crippen LogP contribution >= 0.6 is 11.3 Å². The minimum absolute atomic E-state index is 0.154. The predicted molar refractivity (Wildman–Crippen MR) is 105 cm³/mol. The molecule has 0 unspecified atom stereocenters. The average Bonchev–Trinajstić information content (AvgIpc) is 3.05. The number of sulfonamides is 1. The first-order chi connectivity index (χ1) is 14.4. The van der Waals surface area contributed by atoms with Crippen LogP contribution in [-0.4, -0.2) is 46.2 Å². The number of carbonyl (C=O) groups excluding carboxylic acids is 2. The van der Waals surface area contributed by atoms with Crippen molar-refractivity contribution in [3.63, 3.8) is 0 Å². The van der Waals surface area contributed by atoms with Crippen LogP contribution in [0.4, 0.5) is 23.8 Å². The quantitative estimate of drug-likeness (QED) is 0.583. The third kappa shape index (κ3) is 6.38. The van der Waals surface area contributed by atoms with Crippen LogP contribution in [0.1, 0.15) is 26.5 Å². The molecule has 0 spiro atoms. The number of halogens is 3. The number of aromatic nitrogens is 1. The van der Waals surface area contributed by atoms with E-state index in [1.807, 2.05) is 5.32 Å². The van der Waals surface area contributed by atoms with E-state index in [0.29, 0.717) is 30.7 Å². The lowest BCUT2D eigenvalue weighted by atomic mass is 10.2. The lowest BCUT2D eigenvalue weighted by Gasteiger charge is -2.12. The molecule has 0 aliphatic heterocycles. The maximum Gasteiger partial charge on any atom is 0.416 e. The number of nitrogens with zero attached hydrogens (tertiary/aromatic N) is 1. The molecule has 0 saturated carbocycles. The summed E-state index contributed by atoms with van der Waals surface area (Å²) in [6, 6.07) is 0.911. The van der Waals surface area contributed by atoms with Crippen molar-refractivity contribution >= 4 is 39.2 Å². The molecule has 0 atom stereocenters. The van der Waals surface area contributed by atoms with Gasteiger partial charge in [0.25, 0.3) is 10.0 Å². The van der Waals surface area contributed by atoms with Crippen LogP contribution in [0.5, 0.6) is 0 Å². The summed E-state index contributed by atoms with van der Waals surface area (Å²) in [6.45, 7) is 2.07. The van der Waals surface area contributed by atoms with E-state index in [1.54, 1.807) is 11.6 Å². The first-order valence-corrected chi connectivity index (χ1v) is 10.8. The first kappa shape index (κ1) is 24.6. The molecule has 0 bridgehead atoms. The number of esters is 1. The highest BCUT2D eigenvalue weighted by atomic mass is 32.2. The lowest BCUT2D eigenvalue weighted by molar-refractivity contribution is -0.137. The van der Waals surface area contributed by atoms with Crippen molar-refractivity contribution in [3.8, 4) is 0 Å². The fraction of sp³-hybridized carbons (Fsp3) is 0.353. The van der Waals surface area contributed by atoms with Crippen LogP contribution in [0.2, 0.25) is 0 Å². The molecule has 2 heterocycles. The number of carbonyl (C=O) groups is 2. The van der Waals surface area contributed by atoms with Gasteiger partial charge in [0.15, 0.2) is 5.69 Å². The number of alkyl halides is 3. The summed E-state index contributed by atoms with van der Waals surface area (Å²) in [4.78, 5) is 28.0. The summed E-state index contributed by atoms with van der Waals surface area (Å²) in [5.41, 5.74) is -1.31. The van der Waals surface area contributed by atoms with E-state index in [1.165, 1.54) is 13.2 Å². The van der Waals surface area contributed by atoms with E-state index >= 15 is 0 Å². The zero-order valence-corrected chi connectivity index (χ0v) is 18.1. The van der Waals surface area contributed by atoms with Gasteiger partial charge in [-0.2, -0.15) is 13.2 Å². The predicted octanol–water partition coefficient (Wildman–Crippen LogP) is 2.96. The number of thiophene rings is 1. The van der Waals surface area contributed by atoms with Gasteiger partial charge < -0.3 is 9.47 Å². The zero-order chi connectivity index (χ0) is 23.4. The van der Waals surface area contributed by atoms with Gasteiger partial charge in [-0.15, -0.1) is 11.3 Å². The van der Waals surface area contributed by atoms with E-state index in [0.717, 1.165) is 23.3 Å². The molecule has 0 aliphatic rings. The van der Waals surface area contributed by atoms with Crippen molar-refractivity contribution in [2.75, 3.05) is 26.1 Å². The Balaban J connectivity index is 2.24. The van der Waals surface area contributed by atoms with E-state index in [2.05, 4.69) is 9.72 Å². The van der Waals surface area contributed by atoms with Crippen molar-refractivity contribution in [2.45, 2.75) is 23.7 Å². The highest BCUT2D eigenvalue weighted by Gasteiger charge is 2.33. The van der Waals surface area contributed by atoms with E-state index < -0.39 is 45.3 Å². The van der Waals surface area contributed by atoms with E-state index in [4.69, 9.17) is 4.74 Å². The van der Waals surface area contributed by atoms with Gasteiger partial charge in [0.2, 0.25) is 0 Å². The molecule has 2 amide bonds. The number of methoxy groups -OCH3 is 2. The molecule has 0 aliphatic carbocycles. The van der Waals surface area contributed by atoms with Crippen LogP contribution in [0.3, 0.4) is 0 Å². The summed E-state index contributed by atoms with van der Waals surface area (Å²) in [5, 5.41) is 1.89. The molecule has 0 aromatic carbocycles. The third-order valence-corrected chi connectivity index (χ3v) is 6.91. The normalized spacial score (nSPS) is 11.8. The molecule has 2 N–H and O–H groups in total. The number of amides is 2. The molecule has 0 saturated heterocycles. The molecule has 2 aromatic rings. The number of pyridine rings is 1. The number of rotatable bonds is 7. The van der Waals surface area contributed by atoms with Crippen molar-refractivity contribution < 1.29 is 40.7 Å². The fourth-order valence-corrected chi connectivity index (χ4v) is 4.82. The minimum atomic E-state index is -4.85. The topological polar surface area (TPSA) is 124 Å². The van der Waals surface area contributed by atoms with E-state index in [9.17, 15) is 31.2 Å². The molecule has 2 aromatic heterocycles. The lowest BCUT2D eigenvalue weighted by Crippen LogP contribution is -2.34. The Hall–Kier alpha value is -2.71. The number of ether oxygens (including phenoxy) is 2. The highest BCUT2D eigenvalue weighted by Crippen LogP contribution is 2.31. The van der Waals surface area contributed by atoms with Gasteiger partial charge in [0.1, 0.15) is 10.0 Å². The van der Waals surface area contributed by atoms with E-state index in [-0.39, 0.29) is 4.21 Å². The van der Waals surface area contributed by atoms with Crippen molar-refractivity contribution in [3.05, 3.63) is 39.9 Å². The van der Waals surface area contributed by atoms with Crippen molar-refractivity contribution in [2.24, 2.45) is 0 Å². The monoisotopic (exact) mass is 481 g/mol. The van der Waals surface area contributed by atoms with Crippen molar-refractivity contribution in [1.82, 2.24) is 9.71 Å². The van der Waals surface area contributed by atoms with Gasteiger partial charge in [-0.3, -0.25) is 5.32 Å². The SMILES string of the molecule is COCCc1sc(S(=O)(=O)NC(=O)Nc2cc(C(F)(F)F)cc(C(=O)OC)n2)cc1C. The van der Waals surface area contributed by atoms with Gasteiger partial charge in [-0.25, -0.2) is 27.7 Å². The number of urea groups is 1. The highest BCUT2D eigenvalue weighted by molar-refractivity contribution is 7.92. The molecule has 14 heteroatoms. The Labute approximate surface area is 179 Å². The number of nitrogens with one attached hydrogen (secondary N) is 2. The van der Waals surface area contributed by atoms with Gasteiger partial charge >= 0.3 is 18.2 Å². The molecule has 31 heavy (non-hydrogen) atoms. The molecular formula is C17H18F3N3O6S2. The largest absolute Gasteiger partial charge is 0.464 e. The van der Waals surface area contributed by atoms with Gasteiger partial charge in [0.05, 0.1) is 19.3 Å². The van der Waals surface area contributed by atoms with Gasteiger partial charge in [-0.05, 0) is 30.7 Å². The number of aryl methyl sites for hydroxylation is 1. The van der Waals surface area contributed by atoms with Gasteiger partial charge in [0, 0.05) is 18.4 Å². The third-order valence-electron chi connectivity index (χ3n) is 3.81. The first-order valence-electron chi connectivity index (χ1n) is 8.47. The molecule has 0 radical (unpaired) electrons. The van der Waals surface area contributed by atoms with Crippen LogP contribution in [0.15, 0.2) is 22.4 Å². The molecular weight excluding hydrogens is 463 g/mol. The number of hydrogen-bond donors (Lipinski definition) is 2. The summed E-state index contributed by atoms with van der Waals surface area (Å²) >= 11 is 0.934. The van der Waals surface area contributed by atoms with Gasteiger partial charge in [-0.1, -0.05) is 0 Å². The Morgan fingerprint density at radius 1 is 1.19 bits per heavy atom. The summed E-state index contributed by atoms with van der Waals surface area (Å²) in [5.74, 6) is -1.86. The fourth-order valence-electron chi connectivity index (χ4n) is 2.35. The Morgan fingerprint density at radius 3 is 2.45 bits per heavy atom. The Kier molecular flexibility index (Phi) is 7.62. The Bertz CT molecular complexity index is 1080. The number of anilines is 1. The smallest absolute Gasteiger partial charge is 0.416 e. The second kappa shape index (κ2) is 9.62. The summed E-state index contributed by atoms with van der Waals surface area (Å²) < 4.78 is 74.9. The van der Waals surface area contributed by atoms with Crippen LogP contribution in [-0.2, 0) is 32.1 Å². The second-order valence-electron chi connectivity index (χ2n) is 6.09. The number of hydrogen-bond acceptors (Lipinski definition) is 8. The average molecular weight is 481 g/mol. The zero-order valence-electron chi connectivity index (χ0n) is 16.5. The molecule has 9 nitrogen and oxygen atoms in total. The minimum Gasteiger partial charge on any atom is -0.464 e. The summed E-state index contributed by atoms with van der Waals surface area (Å²) in [6.07, 6.45) is -4.38. The van der Waals surface area contributed by atoms with Crippen molar-refractivity contribution in [1.29, 1.82) is 0 Å². The maximum absolute atomic E-state index is 13.1. The second-order valence-corrected chi connectivity index (χ2v) is 9.14. The van der Waals surface area contributed by atoms with Crippen LogP contribution < -0.4 is 10.0 Å². The molecule has 0 fully saturated rings. The summed E-state index contributed by atoms with van der Waals surface area (Å²) in [7, 11) is -1.86. The standard InChI is InChI=1S/C17H18F3N3O6S2/c1-9-6-14(30-12(9)4-5-28-2)31(26,27)23-16(25)22-13-8-10(17(18,19)20)7-11(21-13)15(24)29-3/h6-8H,4-5H2,1-3H3,(H2,21,22,23,25). The molecule has 2 rings (SSSR count).